The summed E-state index contributed by atoms with van der Waals surface area (Å²) in [6, 6.07) is 8.24. The summed E-state index contributed by atoms with van der Waals surface area (Å²) in [5.41, 5.74) is 3.12. The van der Waals surface area contributed by atoms with Crippen LogP contribution in [0.1, 0.15) is 60.8 Å². The molecule has 1 heterocycles. The maximum absolute atomic E-state index is 11.4. The first-order valence-electron chi connectivity index (χ1n) is 8.32. The zero-order valence-electron chi connectivity index (χ0n) is 15.4. The minimum Gasteiger partial charge on any atom is -0.326 e. The molecule has 1 N–H and O–H groups in total. The van der Waals surface area contributed by atoms with Gasteiger partial charge in [-0.1, -0.05) is 32.0 Å². The number of nitrogens with one attached hydrogen (secondary N) is 1. The fraction of sp³-hybridized carbons (Fsp3) is 0.474. The highest BCUT2D eigenvalue weighted by Gasteiger charge is 2.20. The second kappa shape index (κ2) is 7.90. The minimum absolute atomic E-state index is 0.0435. The number of aryl methyl sites for hydroxylation is 1. The summed E-state index contributed by atoms with van der Waals surface area (Å²) < 4.78 is 0. The Morgan fingerprint density at radius 2 is 1.96 bits per heavy atom. The van der Waals surface area contributed by atoms with Gasteiger partial charge in [-0.05, 0) is 32.5 Å². The van der Waals surface area contributed by atoms with Crippen LogP contribution in [-0.2, 0) is 11.3 Å². The lowest BCUT2D eigenvalue weighted by atomic mass is 10.1. The third kappa shape index (κ3) is 4.42. The predicted octanol–water partition coefficient (Wildman–Crippen LogP) is 4.73. The second-order valence-corrected chi connectivity index (χ2v) is 7.65. The van der Waals surface area contributed by atoms with E-state index in [0.29, 0.717) is 5.92 Å². The molecule has 0 spiro atoms. The Hall–Kier alpha value is -1.72. The number of aromatic nitrogens is 1. The first-order chi connectivity index (χ1) is 11.3. The van der Waals surface area contributed by atoms with E-state index >= 15 is 0 Å². The van der Waals surface area contributed by atoms with Crippen LogP contribution in [0.15, 0.2) is 24.3 Å². The van der Waals surface area contributed by atoms with E-state index in [1.807, 2.05) is 18.2 Å². The quantitative estimate of drug-likeness (QED) is 0.823. The summed E-state index contributed by atoms with van der Waals surface area (Å²) in [6.45, 7) is 11.0. The molecule has 130 valence electrons. The van der Waals surface area contributed by atoms with Crippen molar-refractivity contribution in [3.63, 3.8) is 0 Å². The molecule has 2 aromatic rings. The normalized spacial score (nSPS) is 12.7. The molecule has 0 bridgehead atoms. The Labute approximate surface area is 148 Å². The van der Waals surface area contributed by atoms with Gasteiger partial charge in [-0.2, -0.15) is 0 Å². The molecule has 0 radical (unpaired) electrons. The van der Waals surface area contributed by atoms with E-state index in [2.05, 4.69) is 51.0 Å². The molecule has 1 aromatic heterocycles. The van der Waals surface area contributed by atoms with Gasteiger partial charge in [-0.25, -0.2) is 4.98 Å². The molecule has 5 heteroatoms. The van der Waals surface area contributed by atoms with Crippen molar-refractivity contribution < 1.29 is 4.79 Å². The molecule has 4 nitrogen and oxygen atoms in total. The Morgan fingerprint density at radius 1 is 1.29 bits per heavy atom. The van der Waals surface area contributed by atoms with Crippen molar-refractivity contribution in [2.45, 2.75) is 53.1 Å². The third-order valence-electron chi connectivity index (χ3n) is 4.13. The van der Waals surface area contributed by atoms with Gasteiger partial charge in [0, 0.05) is 36.0 Å². The van der Waals surface area contributed by atoms with Gasteiger partial charge in [-0.3, -0.25) is 9.69 Å². The number of rotatable bonds is 6. The van der Waals surface area contributed by atoms with Crippen molar-refractivity contribution in [1.82, 2.24) is 9.88 Å². The van der Waals surface area contributed by atoms with Crippen molar-refractivity contribution >= 4 is 22.9 Å². The average molecular weight is 346 g/mol. The van der Waals surface area contributed by atoms with E-state index in [-0.39, 0.29) is 11.9 Å². The van der Waals surface area contributed by atoms with Crippen molar-refractivity contribution in [3.05, 3.63) is 45.4 Å². The highest BCUT2D eigenvalue weighted by Crippen LogP contribution is 2.32. The summed E-state index contributed by atoms with van der Waals surface area (Å²) in [5.74, 6) is 0.415. The van der Waals surface area contributed by atoms with Crippen molar-refractivity contribution in [2.24, 2.45) is 0 Å². The minimum atomic E-state index is -0.0435. The topological polar surface area (TPSA) is 45.2 Å². The standard InChI is InChI=1S/C19H27N3OS/c1-12(2)19-20-13(3)18(24-19)14(4)22(6)11-16-9-7-8-10-17(16)21-15(5)23/h7-10,12,14H,11H2,1-6H3,(H,21,23). The number of hydrogen-bond acceptors (Lipinski definition) is 4. The Balaban J connectivity index is 2.18. The van der Waals surface area contributed by atoms with E-state index in [1.54, 1.807) is 11.3 Å². The highest BCUT2D eigenvalue weighted by atomic mass is 32.1. The zero-order valence-corrected chi connectivity index (χ0v) is 16.2. The Bertz CT molecular complexity index is 708. The van der Waals surface area contributed by atoms with Crippen LogP contribution in [0.3, 0.4) is 0 Å². The van der Waals surface area contributed by atoms with Crippen LogP contribution < -0.4 is 5.32 Å². The third-order valence-corrected chi connectivity index (χ3v) is 5.76. The van der Waals surface area contributed by atoms with Crippen molar-refractivity contribution in [2.75, 3.05) is 12.4 Å². The van der Waals surface area contributed by atoms with Crippen LogP contribution in [-0.4, -0.2) is 22.8 Å². The Kier molecular flexibility index (Phi) is 6.13. The van der Waals surface area contributed by atoms with Crippen molar-refractivity contribution in [3.8, 4) is 0 Å². The van der Waals surface area contributed by atoms with Crippen LogP contribution >= 0.6 is 11.3 Å². The number of thiazole rings is 1. The molecular weight excluding hydrogens is 318 g/mol. The molecule has 1 amide bonds. The maximum Gasteiger partial charge on any atom is 0.221 e. The summed E-state index contributed by atoms with van der Waals surface area (Å²) in [4.78, 5) is 19.7. The SMILES string of the molecule is CC(=O)Nc1ccccc1CN(C)C(C)c1sc(C(C)C)nc1C. The molecule has 0 aliphatic carbocycles. The van der Waals surface area contributed by atoms with Crippen LogP contribution in [0.2, 0.25) is 0 Å². The average Bonchev–Trinajstić information content (AvgIpc) is 2.90. The molecule has 0 aliphatic rings. The maximum atomic E-state index is 11.4. The van der Waals surface area contributed by atoms with E-state index < -0.39 is 0 Å². The molecule has 1 unspecified atom stereocenters. The first-order valence-corrected chi connectivity index (χ1v) is 9.14. The van der Waals surface area contributed by atoms with Gasteiger partial charge >= 0.3 is 0 Å². The van der Waals surface area contributed by atoms with Crippen LogP contribution in [0.4, 0.5) is 5.69 Å². The molecule has 2 rings (SSSR count). The second-order valence-electron chi connectivity index (χ2n) is 6.59. The van der Waals surface area contributed by atoms with Crippen molar-refractivity contribution in [1.29, 1.82) is 0 Å². The monoisotopic (exact) mass is 345 g/mol. The molecule has 1 aromatic carbocycles. The van der Waals surface area contributed by atoms with Crippen LogP contribution in [0.25, 0.3) is 0 Å². The number of benzene rings is 1. The number of nitrogens with zero attached hydrogens (tertiary/aromatic N) is 2. The molecule has 1 atom stereocenters. The summed E-state index contributed by atoms with van der Waals surface area (Å²) in [7, 11) is 2.11. The van der Waals surface area contributed by atoms with Gasteiger partial charge < -0.3 is 5.32 Å². The van der Waals surface area contributed by atoms with E-state index in [1.165, 1.54) is 16.8 Å². The van der Waals surface area contributed by atoms with Gasteiger partial charge in [0.25, 0.3) is 0 Å². The molecule has 0 aliphatic heterocycles. The van der Waals surface area contributed by atoms with E-state index in [9.17, 15) is 4.79 Å². The summed E-state index contributed by atoms with van der Waals surface area (Å²) in [5, 5.41) is 4.11. The van der Waals surface area contributed by atoms with Gasteiger partial charge in [0.1, 0.15) is 0 Å². The van der Waals surface area contributed by atoms with E-state index in [4.69, 9.17) is 4.98 Å². The summed E-state index contributed by atoms with van der Waals surface area (Å²) in [6.07, 6.45) is 0. The Morgan fingerprint density at radius 3 is 2.54 bits per heavy atom. The van der Waals surface area contributed by atoms with Gasteiger partial charge in [0.05, 0.1) is 10.7 Å². The fourth-order valence-corrected chi connectivity index (χ4v) is 3.83. The zero-order chi connectivity index (χ0) is 17.9. The number of carbonyl (C=O) groups is 1. The number of carbonyl (C=O) groups excluding carboxylic acids is 1. The molecule has 0 saturated heterocycles. The largest absolute Gasteiger partial charge is 0.326 e. The van der Waals surface area contributed by atoms with E-state index in [0.717, 1.165) is 23.5 Å². The highest BCUT2D eigenvalue weighted by molar-refractivity contribution is 7.11. The lowest BCUT2D eigenvalue weighted by molar-refractivity contribution is -0.114. The lowest BCUT2D eigenvalue weighted by Crippen LogP contribution is -2.22. The molecular formula is C19H27N3OS. The van der Waals surface area contributed by atoms with Crippen LogP contribution in [0.5, 0.6) is 0 Å². The predicted molar refractivity (Wildman–Crippen MR) is 102 cm³/mol. The number of amides is 1. The smallest absolute Gasteiger partial charge is 0.221 e. The lowest BCUT2D eigenvalue weighted by Gasteiger charge is -2.25. The number of anilines is 1. The summed E-state index contributed by atoms with van der Waals surface area (Å²) >= 11 is 1.81. The van der Waals surface area contributed by atoms with Crippen LogP contribution in [0, 0.1) is 6.92 Å². The first kappa shape index (κ1) is 18.6. The van der Waals surface area contributed by atoms with Gasteiger partial charge in [0.2, 0.25) is 5.91 Å². The molecule has 24 heavy (non-hydrogen) atoms. The number of hydrogen-bond donors (Lipinski definition) is 1. The molecule has 0 saturated carbocycles. The fourth-order valence-electron chi connectivity index (χ4n) is 2.64. The molecule has 0 fully saturated rings. The number of para-hydroxylation sites is 1. The van der Waals surface area contributed by atoms with Gasteiger partial charge in [-0.15, -0.1) is 11.3 Å². The van der Waals surface area contributed by atoms with Gasteiger partial charge in [0.15, 0.2) is 0 Å².